The van der Waals surface area contributed by atoms with Gasteiger partial charge in [0.2, 0.25) is 0 Å². The molecule has 104 valence electrons. The Labute approximate surface area is 113 Å². The second-order valence-corrected chi connectivity index (χ2v) is 4.87. The zero-order valence-corrected chi connectivity index (χ0v) is 11.6. The third kappa shape index (κ3) is 2.80. The Kier molecular flexibility index (Phi) is 4.24. The first-order valence-electron chi connectivity index (χ1n) is 6.75. The summed E-state index contributed by atoms with van der Waals surface area (Å²) in [7, 11) is 1.35. The van der Waals surface area contributed by atoms with Crippen LogP contribution in [0.2, 0.25) is 0 Å². The third-order valence-corrected chi connectivity index (χ3v) is 3.60. The first-order chi connectivity index (χ1) is 9.17. The number of ether oxygens (including phenoxy) is 1. The van der Waals surface area contributed by atoms with Gasteiger partial charge in [-0.2, -0.15) is 0 Å². The van der Waals surface area contributed by atoms with Crippen molar-refractivity contribution in [2.24, 2.45) is 5.92 Å². The molecule has 5 nitrogen and oxygen atoms in total. The predicted molar refractivity (Wildman–Crippen MR) is 73.8 cm³/mol. The van der Waals surface area contributed by atoms with E-state index in [0.29, 0.717) is 11.7 Å². The normalized spacial score (nSPS) is 18.5. The standard InChI is InChI=1S/C14H21N3O2/c1-3-11-16-12(14(18)19-2)13(15)17(11)9-10-7-5-4-6-8-10/h4-5,10H,3,6-9,15H2,1-2H3. The second-order valence-electron chi connectivity index (χ2n) is 4.87. The number of carbonyl (C=O) groups is 1. The number of aryl methyl sites for hydroxylation is 1. The first kappa shape index (κ1) is 13.6. The number of aromatic nitrogens is 2. The molecule has 5 heteroatoms. The summed E-state index contributed by atoms with van der Waals surface area (Å²) in [6, 6.07) is 0. The van der Waals surface area contributed by atoms with E-state index in [0.717, 1.165) is 38.1 Å². The van der Waals surface area contributed by atoms with Crippen LogP contribution in [0.3, 0.4) is 0 Å². The lowest BCUT2D eigenvalue weighted by atomic mass is 9.94. The van der Waals surface area contributed by atoms with Gasteiger partial charge in [-0.3, -0.25) is 0 Å². The molecule has 0 amide bonds. The van der Waals surface area contributed by atoms with Crippen molar-refractivity contribution in [3.63, 3.8) is 0 Å². The molecule has 0 bridgehead atoms. The van der Waals surface area contributed by atoms with Crippen LogP contribution in [0.4, 0.5) is 5.82 Å². The maximum Gasteiger partial charge on any atom is 0.360 e. The Bertz CT molecular complexity index is 491. The number of hydrogen-bond acceptors (Lipinski definition) is 4. The number of methoxy groups -OCH3 is 1. The van der Waals surface area contributed by atoms with E-state index >= 15 is 0 Å². The van der Waals surface area contributed by atoms with Crippen molar-refractivity contribution in [1.82, 2.24) is 9.55 Å². The second kappa shape index (κ2) is 5.91. The molecular formula is C14H21N3O2. The quantitative estimate of drug-likeness (QED) is 0.667. The van der Waals surface area contributed by atoms with Gasteiger partial charge in [0.1, 0.15) is 11.6 Å². The summed E-state index contributed by atoms with van der Waals surface area (Å²) < 4.78 is 6.68. The summed E-state index contributed by atoms with van der Waals surface area (Å²) in [5, 5.41) is 0. The minimum absolute atomic E-state index is 0.241. The third-order valence-electron chi connectivity index (χ3n) is 3.60. The molecule has 1 aliphatic rings. The number of anilines is 1. The molecule has 2 rings (SSSR count). The van der Waals surface area contributed by atoms with Gasteiger partial charge in [-0.1, -0.05) is 19.1 Å². The van der Waals surface area contributed by atoms with Crippen LogP contribution < -0.4 is 5.73 Å². The monoisotopic (exact) mass is 263 g/mol. The minimum atomic E-state index is -0.463. The lowest BCUT2D eigenvalue weighted by Crippen LogP contribution is -2.16. The van der Waals surface area contributed by atoms with Gasteiger partial charge in [0, 0.05) is 13.0 Å². The van der Waals surface area contributed by atoms with Gasteiger partial charge < -0.3 is 15.0 Å². The summed E-state index contributed by atoms with van der Waals surface area (Å²) in [4.78, 5) is 15.9. The number of rotatable bonds is 4. The van der Waals surface area contributed by atoms with Crippen molar-refractivity contribution >= 4 is 11.8 Å². The van der Waals surface area contributed by atoms with Gasteiger partial charge in [0.15, 0.2) is 5.69 Å². The molecule has 0 aromatic carbocycles. The van der Waals surface area contributed by atoms with Gasteiger partial charge in [-0.05, 0) is 25.2 Å². The molecule has 19 heavy (non-hydrogen) atoms. The predicted octanol–water partition coefficient (Wildman–Crippen LogP) is 2.17. The summed E-state index contributed by atoms with van der Waals surface area (Å²) >= 11 is 0. The van der Waals surface area contributed by atoms with Crippen molar-refractivity contribution in [2.75, 3.05) is 12.8 Å². The molecule has 0 saturated carbocycles. The molecule has 0 aliphatic heterocycles. The molecule has 1 heterocycles. The molecule has 1 aromatic rings. The smallest absolute Gasteiger partial charge is 0.360 e. The topological polar surface area (TPSA) is 70.1 Å². The molecule has 0 spiro atoms. The van der Waals surface area contributed by atoms with E-state index in [1.807, 2.05) is 11.5 Å². The molecule has 1 aliphatic carbocycles. The highest BCUT2D eigenvalue weighted by Crippen LogP contribution is 2.24. The fourth-order valence-corrected chi connectivity index (χ4v) is 2.51. The molecule has 1 unspecified atom stereocenters. The van der Waals surface area contributed by atoms with Crippen molar-refractivity contribution in [3.8, 4) is 0 Å². The van der Waals surface area contributed by atoms with E-state index in [1.165, 1.54) is 7.11 Å². The number of nitrogen functional groups attached to an aromatic ring is 1. The molecule has 2 N–H and O–H groups in total. The summed E-state index contributed by atoms with van der Waals surface area (Å²) in [5.41, 5.74) is 6.30. The van der Waals surface area contributed by atoms with Crippen LogP contribution in [0.5, 0.6) is 0 Å². The number of nitrogens with zero attached hydrogens (tertiary/aromatic N) is 2. The molecule has 0 fully saturated rings. The fourth-order valence-electron chi connectivity index (χ4n) is 2.51. The zero-order valence-electron chi connectivity index (χ0n) is 11.6. The van der Waals surface area contributed by atoms with E-state index in [4.69, 9.17) is 10.5 Å². The average Bonchev–Trinajstić information content (AvgIpc) is 2.76. The highest BCUT2D eigenvalue weighted by atomic mass is 16.5. The molecule has 0 radical (unpaired) electrons. The lowest BCUT2D eigenvalue weighted by molar-refractivity contribution is 0.0595. The minimum Gasteiger partial charge on any atom is -0.464 e. The average molecular weight is 263 g/mol. The summed E-state index contributed by atoms with van der Waals surface area (Å²) in [6.07, 6.45) is 8.52. The number of carbonyl (C=O) groups excluding carboxylic acids is 1. The molecule has 1 aromatic heterocycles. The van der Waals surface area contributed by atoms with E-state index in [-0.39, 0.29) is 5.69 Å². The van der Waals surface area contributed by atoms with Crippen LogP contribution >= 0.6 is 0 Å². The number of esters is 1. The Morgan fingerprint density at radius 2 is 2.37 bits per heavy atom. The first-order valence-corrected chi connectivity index (χ1v) is 6.75. The highest BCUT2D eigenvalue weighted by molar-refractivity contribution is 5.92. The lowest BCUT2D eigenvalue weighted by Gasteiger charge is -2.20. The largest absolute Gasteiger partial charge is 0.464 e. The van der Waals surface area contributed by atoms with Gasteiger partial charge in [-0.15, -0.1) is 0 Å². The van der Waals surface area contributed by atoms with E-state index < -0.39 is 5.97 Å². The van der Waals surface area contributed by atoms with Crippen LogP contribution in [-0.4, -0.2) is 22.6 Å². The Hall–Kier alpha value is -1.78. The van der Waals surface area contributed by atoms with Crippen molar-refractivity contribution < 1.29 is 9.53 Å². The number of allylic oxidation sites excluding steroid dienone is 2. The number of nitrogens with two attached hydrogens (primary N) is 1. The van der Waals surface area contributed by atoms with Crippen molar-refractivity contribution in [3.05, 3.63) is 23.7 Å². The van der Waals surface area contributed by atoms with Crippen LogP contribution in [-0.2, 0) is 17.7 Å². The maximum absolute atomic E-state index is 11.6. The Morgan fingerprint density at radius 3 is 2.95 bits per heavy atom. The summed E-state index contributed by atoms with van der Waals surface area (Å²) in [5.74, 6) is 1.39. The fraction of sp³-hybridized carbons (Fsp3) is 0.571. The molecule has 0 saturated heterocycles. The van der Waals surface area contributed by atoms with Gasteiger partial charge >= 0.3 is 5.97 Å². The highest BCUT2D eigenvalue weighted by Gasteiger charge is 2.22. The summed E-state index contributed by atoms with van der Waals surface area (Å²) in [6.45, 7) is 2.84. The van der Waals surface area contributed by atoms with Crippen molar-refractivity contribution in [1.29, 1.82) is 0 Å². The van der Waals surface area contributed by atoms with E-state index in [1.54, 1.807) is 0 Å². The number of imidazole rings is 1. The van der Waals surface area contributed by atoms with Crippen LogP contribution in [0, 0.1) is 5.92 Å². The van der Waals surface area contributed by atoms with Gasteiger partial charge in [0.05, 0.1) is 7.11 Å². The Morgan fingerprint density at radius 1 is 1.58 bits per heavy atom. The van der Waals surface area contributed by atoms with Gasteiger partial charge in [-0.25, -0.2) is 9.78 Å². The molecular weight excluding hydrogens is 242 g/mol. The Balaban J connectivity index is 2.25. The zero-order chi connectivity index (χ0) is 13.8. The van der Waals surface area contributed by atoms with E-state index in [2.05, 4.69) is 17.1 Å². The van der Waals surface area contributed by atoms with Crippen molar-refractivity contribution in [2.45, 2.75) is 39.2 Å². The molecule has 1 atom stereocenters. The van der Waals surface area contributed by atoms with Crippen LogP contribution in [0.15, 0.2) is 12.2 Å². The van der Waals surface area contributed by atoms with E-state index in [9.17, 15) is 4.79 Å². The number of hydrogen-bond donors (Lipinski definition) is 1. The van der Waals surface area contributed by atoms with Crippen LogP contribution in [0.1, 0.15) is 42.5 Å². The van der Waals surface area contributed by atoms with Crippen LogP contribution in [0.25, 0.3) is 0 Å². The SMILES string of the molecule is CCc1nc(C(=O)OC)c(N)n1CC1CC=CCC1. The maximum atomic E-state index is 11.6. The van der Waals surface area contributed by atoms with Gasteiger partial charge in [0.25, 0.3) is 0 Å².